The quantitative estimate of drug-likeness (QED) is 0.282. The van der Waals surface area contributed by atoms with E-state index in [-0.39, 0.29) is 21.4 Å². The molecule has 2 aromatic carbocycles. The topological polar surface area (TPSA) is 85.4 Å². The fourth-order valence-corrected chi connectivity index (χ4v) is 8.34. The Labute approximate surface area is 234 Å². The molecule has 0 spiro atoms. The standard InChI is InChI=1S/C28H33ClN2O6Se/c1-26(2,3)36-24(33)30-20-15-17(29)13-14-19(20)28(38-18-11-9-8-10-12-18)16-21(22(32)35-7)31(23(28)30)25(34)37-27(4,5)6/h8-15,21,23H,16H2,1-7H3/t21-,23-,28+/m0/s1. The summed E-state index contributed by atoms with van der Waals surface area (Å²) < 4.78 is 17.0. The van der Waals surface area contributed by atoms with Crippen LogP contribution in [0.4, 0.5) is 15.3 Å². The number of hydrogen-bond donors (Lipinski definition) is 0. The second kappa shape index (κ2) is 10.1. The van der Waals surface area contributed by atoms with Gasteiger partial charge >= 0.3 is 235 Å². The Morgan fingerprint density at radius 3 is 2.13 bits per heavy atom. The summed E-state index contributed by atoms with van der Waals surface area (Å²) in [5.74, 6) is -0.576. The molecule has 0 aromatic heterocycles. The van der Waals surface area contributed by atoms with E-state index < -0.39 is 45.9 Å². The molecule has 10 heteroatoms. The molecule has 38 heavy (non-hydrogen) atoms. The number of anilines is 1. The third-order valence-electron chi connectivity index (χ3n) is 6.14. The van der Waals surface area contributed by atoms with Gasteiger partial charge in [-0.2, -0.15) is 0 Å². The minimum atomic E-state index is -0.973. The summed E-state index contributed by atoms with van der Waals surface area (Å²) in [6.07, 6.45) is -2.01. The molecular weight excluding hydrogens is 575 g/mol. The van der Waals surface area contributed by atoms with Gasteiger partial charge in [-0.1, -0.05) is 0 Å². The van der Waals surface area contributed by atoms with Crippen LogP contribution < -0.4 is 9.36 Å². The zero-order valence-corrected chi connectivity index (χ0v) is 25.1. The number of nitrogens with zero attached hydrogens (tertiary/aromatic N) is 2. The van der Waals surface area contributed by atoms with Crippen LogP contribution >= 0.6 is 11.6 Å². The molecule has 2 heterocycles. The van der Waals surface area contributed by atoms with E-state index in [9.17, 15) is 14.4 Å². The normalized spacial score (nSPS) is 22.5. The minimum absolute atomic E-state index is 0.242. The molecule has 0 N–H and O–H groups in total. The van der Waals surface area contributed by atoms with Crippen LogP contribution in [0.15, 0.2) is 48.5 Å². The number of carbonyl (C=O) groups excluding carboxylic acids is 3. The van der Waals surface area contributed by atoms with Gasteiger partial charge in [-0.3, -0.25) is 0 Å². The SMILES string of the molecule is COC(=O)[C@@H]1C[C@@]2([Se]c3ccccc3)c3ccc(Cl)cc3N(C(=O)OC(C)(C)C)[C@H]2N1C(=O)OC(C)(C)C. The number of esters is 1. The fourth-order valence-electron chi connectivity index (χ4n) is 4.89. The van der Waals surface area contributed by atoms with Crippen molar-refractivity contribution in [3.63, 3.8) is 0 Å². The van der Waals surface area contributed by atoms with Crippen LogP contribution in [-0.2, 0) is 23.3 Å². The number of fused-ring (bicyclic) bond motifs is 3. The van der Waals surface area contributed by atoms with Gasteiger partial charge in [0.25, 0.3) is 0 Å². The van der Waals surface area contributed by atoms with Gasteiger partial charge in [0.1, 0.15) is 0 Å². The van der Waals surface area contributed by atoms with Crippen LogP contribution in [0.1, 0.15) is 53.5 Å². The van der Waals surface area contributed by atoms with E-state index in [0.717, 1.165) is 10.0 Å². The van der Waals surface area contributed by atoms with Crippen molar-refractivity contribution in [1.29, 1.82) is 0 Å². The Morgan fingerprint density at radius 2 is 1.55 bits per heavy atom. The van der Waals surface area contributed by atoms with Crippen molar-refractivity contribution in [3.05, 3.63) is 59.1 Å². The molecule has 0 aliphatic carbocycles. The van der Waals surface area contributed by atoms with Crippen LogP contribution in [0.2, 0.25) is 5.02 Å². The Morgan fingerprint density at radius 1 is 0.947 bits per heavy atom. The van der Waals surface area contributed by atoms with Crippen molar-refractivity contribution in [2.24, 2.45) is 0 Å². The Bertz CT molecular complexity index is 1240. The molecule has 0 unspecified atom stereocenters. The summed E-state index contributed by atoms with van der Waals surface area (Å²) >= 11 is 6.09. The fraction of sp³-hybridized carbons (Fsp3) is 0.464. The van der Waals surface area contributed by atoms with Crippen molar-refractivity contribution in [2.75, 3.05) is 12.0 Å². The van der Waals surface area contributed by atoms with Gasteiger partial charge < -0.3 is 0 Å². The first-order valence-electron chi connectivity index (χ1n) is 12.3. The Balaban J connectivity index is 1.97. The van der Waals surface area contributed by atoms with E-state index >= 15 is 0 Å². The molecule has 0 bridgehead atoms. The summed E-state index contributed by atoms with van der Waals surface area (Å²) in [4.78, 5) is 43.6. The summed E-state index contributed by atoms with van der Waals surface area (Å²) in [7, 11) is 1.29. The maximum atomic E-state index is 13.8. The molecule has 2 aliphatic heterocycles. The number of hydrogen-bond acceptors (Lipinski definition) is 6. The monoisotopic (exact) mass is 608 g/mol. The predicted octanol–water partition coefficient (Wildman–Crippen LogP) is 4.83. The molecule has 3 atom stereocenters. The van der Waals surface area contributed by atoms with Crippen LogP contribution in [0.3, 0.4) is 0 Å². The molecule has 8 nitrogen and oxygen atoms in total. The zero-order chi connectivity index (χ0) is 28.0. The van der Waals surface area contributed by atoms with Gasteiger partial charge in [0.05, 0.1) is 0 Å². The summed E-state index contributed by atoms with van der Waals surface area (Å²) in [5.41, 5.74) is -0.269. The number of benzene rings is 2. The molecule has 4 rings (SSSR count). The number of amides is 2. The number of halogens is 1. The third-order valence-corrected chi connectivity index (χ3v) is 9.46. The van der Waals surface area contributed by atoms with Gasteiger partial charge in [0, 0.05) is 0 Å². The molecule has 0 saturated carbocycles. The van der Waals surface area contributed by atoms with Gasteiger partial charge in [-0.25, -0.2) is 0 Å². The molecule has 2 aromatic rings. The first kappa shape index (κ1) is 28.3. The van der Waals surface area contributed by atoms with E-state index in [1.165, 1.54) is 16.9 Å². The molecule has 2 amide bonds. The zero-order valence-electron chi connectivity index (χ0n) is 22.6. The van der Waals surface area contributed by atoms with Crippen LogP contribution in [-0.4, -0.2) is 68.5 Å². The van der Waals surface area contributed by atoms with Gasteiger partial charge in [-0.15, -0.1) is 0 Å². The van der Waals surface area contributed by atoms with Crippen molar-refractivity contribution < 1.29 is 28.6 Å². The van der Waals surface area contributed by atoms with Crippen molar-refractivity contribution in [1.82, 2.24) is 4.90 Å². The average molecular weight is 608 g/mol. The molecule has 2 aliphatic rings. The first-order chi connectivity index (χ1) is 17.7. The van der Waals surface area contributed by atoms with Crippen molar-refractivity contribution in [2.45, 2.75) is 75.7 Å². The Hall–Kier alpha value is -2.74. The molecule has 0 radical (unpaired) electrons. The number of likely N-dealkylation sites (tertiary alicyclic amines) is 1. The van der Waals surface area contributed by atoms with Crippen molar-refractivity contribution in [3.8, 4) is 0 Å². The number of methoxy groups -OCH3 is 1. The van der Waals surface area contributed by atoms with E-state index in [4.69, 9.17) is 25.8 Å². The van der Waals surface area contributed by atoms with E-state index in [0.29, 0.717) is 10.7 Å². The van der Waals surface area contributed by atoms with Crippen LogP contribution in [0.25, 0.3) is 0 Å². The second-order valence-electron chi connectivity index (χ2n) is 11.3. The Kier molecular flexibility index (Phi) is 7.51. The van der Waals surface area contributed by atoms with Crippen LogP contribution in [0.5, 0.6) is 0 Å². The summed E-state index contributed by atoms with van der Waals surface area (Å²) in [5, 5.41) is 0.438. The average Bonchev–Trinajstić information content (AvgIpc) is 3.25. The molecule has 204 valence electrons. The predicted molar refractivity (Wildman–Crippen MR) is 146 cm³/mol. The molecular formula is C28H33ClN2O6Se. The summed E-state index contributed by atoms with van der Waals surface area (Å²) in [6, 6.07) is 14.2. The second-order valence-corrected chi connectivity index (χ2v) is 14.7. The van der Waals surface area contributed by atoms with E-state index in [1.807, 2.05) is 36.4 Å². The summed E-state index contributed by atoms with van der Waals surface area (Å²) in [6.45, 7) is 10.6. The first-order valence-corrected chi connectivity index (χ1v) is 14.4. The van der Waals surface area contributed by atoms with E-state index in [2.05, 4.69) is 0 Å². The van der Waals surface area contributed by atoms with Crippen LogP contribution in [0, 0.1) is 0 Å². The number of rotatable bonds is 3. The molecule has 1 saturated heterocycles. The van der Waals surface area contributed by atoms with E-state index in [1.54, 1.807) is 53.7 Å². The van der Waals surface area contributed by atoms with Gasteiger partial charge in [0.2, 0.25) is 0 Å². The number of ether oxygens (including phenoxy) is 3. The van der Waals surface area contributed by atoms with Crippen molar-refractivity contribution >= 4 is 54.9 Å². The van der Waals surface area contributed by atoms with Gasteiger partial charge in [0.15, 0.2) is 0 Å². The third kappa shape index (κ3) is 5.37. The maximum absolute atomic E-state index is 13.8. The molecule has 1 fully saturated rings. The van der Waals surface area contributed by atoms with Gasteiger partial charge in [-0.05, 0) is 0 Å². The number of carbonyl (C=O) groups is 3.